The fraction of sp³-hybridized carbons (Fsp3) is 0.429. The number of hydrogen-bond acceptors (Lipinski definition) is 5. The number of hydrogen-bond donors (Lipinski definition) is 2. The van der Waals surface area contributed by atoms with Gasteiger partial charge >= 0.3 is 0 Å². The summed E-state index contributed by atoms with van der Waals surface area (Å²) in [5, 5.41) is 5.54. The third-order valence-electron chi connectivity index (χ3n) is 3.02. The van der Waals surface area contributed by atoms with E-state index in [4.69, 9.17) is 5.73 Å². The molecule has 4 nitrogen and oxygen atoms in total. The monoisotopic (exact) mass is 276 g/mol. The van der Waals surface area contributed by atoms with Crippen LogP contribution >= 0.6 is 11.3 Å². The number of anilines is 2. The van der Waals surface area contributed by atoms with Crippen LogP contribution in [0.4, 0.5) is 11.6 Å². The average molecular weight is 276 g/mol. The van der Waals surface area contributed by atoms with Gasteiger partial charge in [0.15, 0.2) is 0 Å². The van der Waals surface area contributed by atoms with Gasteiger partial charge in [-0.05, 0) is 25.3 Å². The Bertz CT molecular complexity index is 537. The maximum absolute atomic E-state index is 5.92. The van der Waals surface area contributed by atoms with Gasteiger partial charge in [0.05, 0.1) is 0 Å². The zero-order valence-electron chi connectivity index (χ0n) is 11.6. The van der Waals surface area contributed by atoms with E-state index in [-0.39, 0.29) is 0 Å². The molecule has 0 aliphatic rings. The second-order valence-electron chi connectivity index (χ2n) is 4.68. The summed E-state index contributed by atoms with van der Waals surface area (Å²) < 4.78 is 0. The summed E-state index contributed by atoms with van der Waals surface area (Å²) in [7, 11) is 0. The van der Waals surface area contributed by atoms with E-state index < -0.39 is 0 Å². The van der Waals surface area contributed by atoms with Crippen molar-refractivity contribution in [3.8, 4) is 0 Å². The predicted molar refractivity (Wildman–Crippen MR) is 81.7 cm³/mol. The van der Waals surface area contributed by atoms with Gasteiger partial charge in [0.1, 0.15) is 17.5 Å². The van der Waals surface area contributed by atoms with Crippen LogP contribution in [0, 0.1) is 6.92 Å². The topological polar surface area (TPSA) is 63.8 Å². The summed E-state index contributed by atoms with van der Waals surface area (Å²) in [5.41, 5.74) is 6.85. The van der Waals surface area contributed by atoms with Crippen LogP contribution in [-0.2, 0) is 12.8 Å². The smallest absolute Gasteiger partial charge is 0.134 e. The minimum absolute atomic E-state index is 0.316. The van der Waals surface area contributed by atoms with E-state index >= 15 is 0 Å². The zero-order chi connectivity index (χ0) is 13.8. The molecule has 0 bridgehead atoms. The van der Waals surface area contributed by atoms with E-state index in [1.807, 2.05) is 13.8 Å². The van der Waals surface area contributed by atoms with E-state index in [0.29, 0.717) is 11.9 Å². The van der Waals surface area contributed by atoms with E-state index in [1.165, 1.54) is 4.88 Å². The second kappa shape index (κ2) is 6.02. The molecule has 3 N–H and O–H groups in total. The van der Waals surface area contributed by atoms with Gasteiger partial charge in [0.25, 0.3) is 0 Å². The Labute approximate surface area is 118 Å². The number of nitrogens with one attached hydrogen (secondary N) is 1. The van der Waals surface area contributed by atoms with Gasteiger partial charge in [-0.2, -0.15) is 0 Å². The summed E-state index contributed by atoms with van der Waals surface area (Å²) in [6.07, 6.45) is 1.78. The molecule has 0 saturated carbocycles. The van der Waals surface area contributed by atoms with Gasteiger partial charge in [0.2, 0.25) is 0 Å². The van der Waals surface area contributed by atoms with Gasteiger partial charge in [-0.25, -0.2) is 9.97 Å². The molecule has 2 rings (SSSR count). The number of aromatic nitrogens is 2. The summed E-state index contributed by atoms with van der Waals surface area (Å²) in [4.78, 5) is 10.2. The van der Waals surface area contributed by atoms with E-state index in [1.54, 1.807) is 11.3 Å². The van der Waals surface area contributed by atoms with Gasteiger partial charge in [-0.3, -0.25) is 0 Å². The molecule has 0 amide bonds. The minimum Gasteiger partial charge on any atom is -0.383 e. The molecule has 2 heterocycles. The van der Waals surface area contributed by atoms with Crippen molar-refractivity contribution in [3.63, 3.8) is 0 Å². The van der Waals surface area contributed by atoms with E-state index in [0.717, 1.165) is 30.0 Å². The first-order chi connectivity index (χ1) is 9.10. The predicted octanol–water partition coefficient (Wildman–Crippen LogP) is 3.03. The Hall–Kier alpha value is -1.62. The fourth-order valence-corrected chi connectivity index (χ4v) is 2.73. The fourth-order valence-electron chi connectivity index (χ4n) is 1.90. The number of nitrogens with two attached hydrogens (primary N) is 1. The molecule has 1 atom stereocenters. The van der Waals surface area contributed by atoms with Crippen molar-refractivity contribution in [2.45, 2.75) is 39.7 Å². The lowest BCUT2D eigenvalue weighted by molar-refractivity contribution is 0.786. The Morgan fingerprint density at radius 3 is 2.84 bits per heavy atom. The zero-order valence-corrected chi connectivity index (χ0v) is 12.4. The van der Waals surface area contributed by atoms with Crippen LogP contribution in [0.5, 0.6) is 0 Å². The molecule has 0 aromatic carbocycles. The molecule has 19 heavy (non-hydrogen) atoms. The highest BCUT2D eigenvalue weighted by Crippen LogP contribution is 2.20. The van der Waals surface area contributed by atoms with Crippen molar-refractivity contribution >= 4 is 23.0 Å². The first-order valence-electron chi connectivity index (χ1n) is 6.52. The standard InChI is InChI=1S/C14H20N4S/c1-4-12-17-13(15)10(3)14(18-12)16-9(2)8-11-6-5-7-19-11/h5-7,9H,4,8H2,1-3H3,(H3,15,16,17,18). The Balaban J connectivity index is 2.11. The minimum atomic E-state index is 0.316. The highest BCUT2D eigenvalue weighted by atomic mass is 32.1. The quantitative estimate of drug-likeness (QED) is 0.881. The number of rotatable bonds is 5. The molecule has 0 aliphatic carbocycles. The van der Waals surface area contributed by atoms with Crippen molar-refractivity contribution in [1.82, 2.24) is 9.97 Å². The summed E-state index contributed by atoms with van der Waals surface area (Å²) in [6.45, 7) is 6.14. The molecule has 0 aliphatic heterocycles. The second-order valence-corrected chi connectivity index (χ2v) is 5.71. The molecule has 5 heteroatoms. The number of nitrogen functional groups attached to an aromatic ring is 1. The maximum Gasteiger partial charge on any atom is 0.134 e. The van der Waals surface area contributed by atoms with Crippen LogP contribution in [0.2, 0.25) is 0 Å². The summed E-state index contributed by atoms with van der Waals surface area (Å²) in [5.74, 6) is 2.21. The first-order valence-corrected chi connectivity index (χ1v) is 7.40. The average Bonchev–Trinajstić information content (AvgIpc) is 2.87. The van der Waals surface area contributed by atoms with Gasteiger partial charge < -0.3 is 11.1 Å². The van der Waals surface area contributed by atoms with Crippen LogP contribution in [-0.4, -0.2) is 16.0 Å². The molecule has 102 valence electrons. The molecule has 0 spiro atoms. The van der Waals surface area contributed by atoms with Crippen molar-refractivity contribution < 1.29 is 0 Å². The molecular formula is C14H20N4S. The van der Waals surface area contributed by atoms with Crippen LogP contribution in [0.25, 0.3) is 0 Å². The highest BCUT2D eigenvalue weighted by molar-refractivity contribution is 7.09. The molecule has 0 fully saturated rings. The van der Waals surface area contributed by atoms with Crippen molar-refractivity contribution in [1.29, 1.82) is 0 Å². The van der Waals surface area contributed by atoms with Crippen LogP contribution in [0.15, 0.2) is 17.5 Å². The molecule has 0 saturated heterocycles. The van der Waals surface area contributed by atoms with Gasteiger partial charge in [-0.1, -0.05) is 13.0 Å². The van der Waals surface area contributed by atoms with Crippen LogP contribution in [0.1, 0.15) is 30.1 Å². The number of aryl methyl sites for hydroxylation is 1. The van der Waals surface area contributed by atoms with E-state index in [2.05, 4.69) is 39.7 Å². The van der Waals surface area contributed by atoms with Crippen LogP contribution in [0.3, 0.4) is 0 Å². The number of thiophene rings is 1. The SMILES string of the molecule is CCc1nc(N)c(C)c(NC(C)Cc2cccs2)n1. The lowest BCUT2D eigenvalue weighted by Crippen LogP contribution is -2.20. The maximum atomic E-state index is 5.92. The van der Waals surface area contributed by atoms with E-state index in [9.17, 15) is 0 Å². The van der Waals surface area contributed by atoms with Gasteiger partial charge in [0, 0.05) is 29.3 Å². The summed E-state index contributed by atoms with van der Waals surface area (Å²) in [6, 6.07) is 4.55. The lowest BCUT2D eigenvalue weighted by Gasteiger charge is -2.17. The third-order valence-corrected chi connectivity index (χ3v) is 3.92. The molecule has 2 aromatic rings. The molecule has 1 unspecified atom stereocenters. The van der Waals surface area contributed by atoms with Gasteiger partial charge in [-0.15, -0.1) is 11.3 Å². The van der Waals surface area contributed by atoms with Crippen molar-refractivity contribution in [2.24, 2.45) is 0 Å². The summed E-state index contributed by atoms with van der Waals surface area (Å²) >= 11 is 1.78. The normalized spacial score (nSPS) is 12.4. The lowest BCUT2D eigenvalue weighted by atomic mass is 10.2. The molecule has 2 aromatic heterocycles. The van der Waals surface area contributed by atoms with Crippen LogP contribution < -0.4 is 11.1 Å². The Morgan fingerprint density at radius 1 is 1.42 bits per heavy atom. The first kappa shape index (κ1) is 13.8. The third kappa shape index (κ3) is 3.44. The van der Waals surface area contributed by atoms with Crippen molar-refractivity contribution in [2.75, 3.05) is 11.1 Å². The Kier molecular flexibility index (Phi) is 4.37. The molecule has 0 radical (unpaired) electrons. The van der Waals surface area contributed by atoms with Crippen molar-refractivity contribution in [3.05, 3.63) is 33.8 Å². The Morgan fingerprint density at radius 2 is 2.21 bits per heavy atom. The molecular weight excluding hydrogens is 256 g/mol. The highest BCUT2D eigenvalue weighted by Gasteiger charge is 2.11. The number of nitrogens with zero attached hydrogens (tertiary/aromatic N) is 2. The largest absolute Gasteiger partial charge is 0.383 e.